The molecule has 194 valence electrons. The first-order chi connectivity index (χ1) is 18.4. The van der Waals surface area contributed by atoms with Crippen LogP contribution in [0, 0.1) is 3.57 Å². The van der Waals surface area contributed by atoms with Gasteiger partial charge in [-0.2, -0.15) is 5.10 Å². The Balaban J connectivity index is 1.30. The summed E-state index contributed by atoms with van der Waals surface area (Å²) in [6, 6.07) is 20.0. The highest BCUT2D eigenvalue weighted by Gasteiger charge is 2.23. The number of hydrazone groups is 1. The third kappa shape index (κ3) is 7.01. The number of morpholine rings is 1. The molecule has 10 nitrogen and oxygen atoms in total. The fraction of sp³-hybridized carbons (Fsp3) is 0.148. The van der Waals surface area contributed by atoms with Crippen LogP contribution in [0.3, 0.4) is 0 Å². The van der Waals surface area contributed by atoms with Gasteiger partial charge in [0.25, 0.3) is 5.91 Å². The fourth-order valence-electron chi connectivity index (χ4n) is 3.52. The van der Waals surface area contributed by atoms with Gasteiger partial charge in [0.2, 0.25) is 0 Å². The lowest BCUT2D eigenvalue weighted by Crippen LogP contribution is -2.41. The molecule has 1 aliphatic heterocycles. The number of halogens is 1. The summed E-state index contributed by atoms with van der Waals surface area (Å²) in [7, 11) is 0. The number of hydrogen-bond acceptors (Lipinski definition) is 7. The van der Waals surface area contributed by atoms with Gasteiger partial charge >= 0.3 is 17.8 Å². The molecular formula is C27H23IN4O6. The Morgan fingerprint density at radius 2 is 1.53 bits per heavy atom. The maximum absolute atomic E-state index is 12.8. The molecule has 0 saturated carbocycles. The molecule has 1 heterocycles. The minimum Gasteiger partial charge on any atom is -0.423 e. The molecule has 1 saturated heterocycles. The number of anilines is 1. The number of benzene rings is 3. The highest BCUT2D eigenvalue weighted by Crippen LogP contribution is 2.19. The predicted octanol–water partition coefficient (Wildman–Crippen LogP) is 3.07. The van der Waals surface area contributed by atoms with E-state index in [0.29, 0.717) is 43.2 Å². The molecule has 1 aliphatic rings. The molecule has 1 fully saturated rings. The van der Waals surface area contributed by atoms with Crippen LogP contribution in [0.1, 0.15) is 26.3 Å². The van der Waals surface area contributed by atoms with Crippen molar-refractivity contribution in [3.05, 3.63) is 93.1 Å². The van der Waals surface area contributed by atoms with Gasteiger partial charge in [0, 0.05) is 16.7 Å². The Bertz CT molecular complexity index is 1370. The minimum atomic E-state index is -1.00. The van der Waals surface area contributed by atoms with Crippen molar-refractivity contribution >= 4 is 58.2 Å². The van der Waals surface area contributed by atoms with E-state index < -0.39 is 17.8 Å². The van der Waals surface area contributed by atoms with Gasteiger partial charge < -0.3 is 19.7 Å². The van der Waals surface area contributed by atoms with Gasteiger partial charge in [-0.25, -0.2) is 10.2 Å². The highest BCUT2D eigenvalue weighted by atomic mass is 127. The summed E-state index contributed by atoms with van der Waals surface area (Å²) in [4.78, 5) is 51.5. The molecule has 11 heteroatoms. The van der Waals surface area contributed by atoms with E-state index >= 15 is 0 Å². The molecule has 3 aromatic rings. The predicted molar refractivity (Wildman–Crippen MR) is 148 cm³/mol. The van der Waals surface area contributed by atoms with Gasteiger partial charge in [0.1, 0.15) is 5.75 Å². The molecule has 0 spiro atoms. The summed E-state index contributed by atoms with van der Waals surface area (Å²) in [6.45, 7) is 1.79. The van der Waals surface area contributed by atoms with Crippen molar-refractivity contribution in [1.82, 2.24) is 10.3 Å². The average molecular weight is 626 g/mol. The van der Waals surface area contributed by atoms with Crippen LogP contribution in [0.5, 0.6) is 5.75 Å². The molecular weight excluding hydrogens is 603 g/mol. The van der Waals surface area contributed by atoms with Crippen molar-refractivity contribution < 1.29 is 28.7 Å². The molecule has 0 aliphatic carbocycles. The second kappa shape index (κ2) is 12.9. The van der Waals surface area contributed by atoms with Gasteiger partial charge in [0.15, 0.2) is 0 Å². The number of nitrogens with one attached hydrogen (secondary N) is 2. The van der Waals surface area contributed by atoms with Crippen molar-refractivity contribution in [3.8, 4) is 5.75 Å². The van der Waals surface area contributed by atoms with Crippen molar-refractivity contribution in [1.29, 1.82) is 0 Å². The lowest BCUT2D eigenvalue weighted by atomic mass is 10.1. The Morgan fingerprint density at radius 1 is 0.868 bits per heavy atom. The van der Waals surface area contributed by atoms with Crippen LogP contribution in [0.4, 0.5) is 5.69 Å². The standard InChI is InChI=1S/C27H23IN4O6/c28-22-7-3-1-5-20(22)27(36)38-19-11-9-18(10-12-19)17-29-31-25(34)24(33)30-23-8-4-2-6-21(23)26(35)32-13-15-37-16-14-32/h1-12,17H,13-16H2,(H,30,33)(H,31,34). The summed E-state index contributed by atoms with van der Waals surface area (Å²) in [5, 5.41) is 6.27. The number of esters is 1. The van der Waals surface area contributed by atoms with Crippen LogP contribution < -0.4 is 15.5 Å². The van der Waals surface area contributed by atoms with E-state index in [2.05, 4.69) is 38.4 Å². The number of nitrogens with zero attached hydrogens (tertiary/aromatic N) is 2. The van der Waals surface area contributed by atoms with Gasteiger partial charge in [-0.3, -0.25) is 14.4 Å². The summed E-state index contributed by atoms with van der Waals surface area (Å²) >= 11 is 2.07. The van der Waals surface area contributed by atoms with Crippen molar-refractivity contribution in [2.24, 2.45) is 5.10 Å². The van der Waals surface area contributed by atoms with Crippen LogP contribution in [-0.2, 0) is 14.3 Å². The SMILES string of the molecule is O=C(NN=Cc1ccc(OC(=O)c2ccccc2I)cc1)C(=O)Nc1ccccc1C(=O)N1CCOCC1. The van der Waals surface area contributed by atoms with Crippen LogP contribution in [0.2, 0.25) is 0 Å². The number of amides is 3. The lowest BCUT2D eigenvalue weighted by Gasteiger charge is -2.27. The zero-order valence-corrected chi connectivity index (χ0v) is 22.2. The molecule has 0 bridgehead atoms. The van der Waals surface area contributed by atoms with Crippen molar-refractivity contribution in [2.75, 3.05) is 31.6 Å². The van der Waals surface area contributed by atoms with Crippen LogP contribution in [-0.4, -0.2) is 61.1 Å². The summed E-state index contributed by atoms with van der Waals surface area (Å²) < 4.78 is 11.4. The minimum absolute atomic E-state index is 0.225. The number of carbonyl (C=O) groups excluding carboxylic acids is 4. The Hall–Kier alpha value is -4.10. The third-order valence-electron chi connectivity index (χ3n) is 5.47. The van der Waals surface area contributed by atoms with E-state index in [-0.39, 0.29) is 17.2 Å². The normalized spacial score (nSPS) is 13.1. The number of ether oxygens (including phenoxy) is 2. The smallest absolute Gasteiger partial charge is 0.344 e. The van der Waals surface area contributed by atoms with Gasteiger partial charge in [0.05, 0.1) is 36.2 Å². The molecule has 3 aromatic carbocycles. The highest BCUT2D eigenvalue weighted by molar-refractivity contribution is 14.1. The first-order valence-electron chi connectivity index (χ1n) is 11.6. The monoisotopic (exact) mass is 626 g/mol. The molecule has 3 amide bonds. The zero-order chi connectivity index (χ0) is 26.9. The molecule has 0 radical (unpaired) electrons. The Morgan fingerprint density at radius 3 is 2.24 bits per heavy atom. The first-order valence-corrected chi connectivity index (χ1v) is 12.7. The number of para-hydroxylation sites is 1. The second-order valence-electron chi connectivity index (χ2n) is 8.04. The van der Waals surface area contributed by atoms with Gasteiger partial charge in [-0.15, -0.1) is 0 Å². The summed E-state index contributed by atoms with van der Waals surface area (Å²) in [6.07, 6.45) is 1.34. The van der Waals surface area contributed by atoms with E-state index in [1.54, 1.807) is 65.6 Å². The second-order valence-corrected chi connectivity index (χ2v) is 9.20. The third-order valence-corrected chi connectivity index (χ3v) is 6.42. The van der Waals surface area contributed by atoms with Crippen molar-refractivity contribution in [2.45, 2.75) is 0 Å². The topological polar surface area (TPSA) is 126 Å². The summed E-state index contributed by atoms with van der Waals surface area (Å²) in [5.74, 6) is -2.35. The molecule has 0 aromatic heterocycles. The van der Waals surface area contributed by atoms with E-state index in [1.807, 2.05) is 12.1 Å². The van der Waals surface area contributed by atoms with E-state index in [1.165, 1.54) is 6.21 Å². The molecule has 38 heavy (non-hydrogen) atoms. The number of rotatable bonds is 6. The van der Waals surface area contributed by atoms with Crippen molar-refractivity contribution in [3.63, 3.8) is 0 Å². The first kappa shape index (κ1) is 26.9. The van der Waals surface area contributed by atoms with Gasteiger partial charge in [-0.05, 0) is 76.7 Å². The van der Waals surface area contributed by atoms with Crippen LogP contribution >= 0.6 is 22.6 Å². The van der Waals surface area contributed by atoms with E-state index in [4.69, 9.17) is 9.47 Å². The zero-order valence-electron chi connectivity index (χ0n) is 20.1. The number of hydrogen-bond donors (Lipinski definition) is 2. The molecule has 4 rings (SSSR count). The van der Waals surface area contributed by atoms with E-state index in [9.17, 15) is 19.2 Å². The quantitative estimate of drug-likeness (QED) is 0.108. The maximum atomic E-state index is 12.8. The maximum Gasteiger partial charge on any atom is 0.344 e. The molecule has 0 atom stereocenters. The van der Waals surface area contributed by atoms with E-state index in [0.717, 1.165) is 3.57 Å². The largest absolute Gasteiger partial charge is 0.423 e. The average Bonchev–Trinajstić information content (AvgIpc) is 2.94. The molecule has 2 N–H and O–H groups in total. The number of carbonyl (C=O) groups is 4. The fourth-order valence-corrected chi connectivity index (χ4v) is 4.13. The summed E-state index contributed by atoms with van der Waals surface area (Å²) in [5.41, 5.74) is 3.73. The molecule has 0 unspecified atom stereocenters. The van der Waals surface area contributed by atoms with Gasteiger partial charge in [-0.1, -0.05) is 24.3 Å². The van der Waals surface area contributed by atoms with Crippen LogP contribution in [0.25, 0.3) is 0 Å². The lowest BCUT2D eigenvalue weighted by molar-refractivity contribution is -0.136. The van der Waals surface area contributed by atoms with Crippen LogP contribution in [0.15, 0.2) is 77.9 Å². The Labute approximate surface area is 232 Å². The Kier molecular flexibility index (Phi) is 9.16.